The number of carbonyl (C=O) groups excluding carboxylic acids is 2. The lowest BCUT2D eigenvalue weighted by atomic mass is 10.1. The maximum Gasteiger partial charge on any atom is 0.315 e. The van der Waals surface area contributed by atoms with Crippen LogP contribution in [0.4, 0.5) is 10.5 Å². The van der Waals surface area contributed by atoms with E-state index in [9.17, 15) is 9.59 Å². The SMILES string of the molecule is CC[C@@H](NC(=O)N[C@H](C)c1cccc(NC(C)=O)c1)c1cccs1. The van der Waals surface area contributed by atoms with Crippen LogP contribution in [0.3, 0.4) is 0 Å². The second-order valence-corrected chi connectivity index (χ2v) is 6.60. The number of rotatable bonds is 6. The average Bonchev–Trinajstić information content (AvgIpc) is 3.06. The molecule has 3 amide bonds. The molecule has 0 aliphatic rings. The molecule has 0 unspecified atom stereocenters. The van der Waals surface area contributed by atoms with E-state index in [-0.39, 0.29) is 24.0 Å². The van der Waals surface area contributed by atoms with Crippen molar-refractivity contribution < 1.29 is 9.59 Å². The molecule has 0 saturated carbocycles. The lowest BCUT2D eigenvalue weighted by Gasteiger charge is -2.20. The van der Waals surface area contributed by atoms with Crippen molar-refractivity contribution >= 4 is 29.0 Å². The van der Waals surface area contributed by atoms with Crippen molar-refractivity contribution in [3.05, 3.63) is 52.2 Å². The van der Waals surface area contributed by atoms with Gasteiger partial charge in [0.15, 0.2) is 0 Å². The Morgan fingerprint density at radius 2 is 1.96 bits per heavy atom. The highest BCUT2D eigenvalue weighted by atomic mass is 32.1. The molecule has 0 radical (unpaired) electrons. The van der Waals surface area contributed by atoms with Gasteiger partial charge in [-0.05, 0) is 42.5 Å². The molecule has 0 spiro atoms. The molecular formula is C18H23N3O2S. The molecule has 2 rings (SSSR count). The fraction of sp³-hybridized carbons (Fsp3) is 0.333. The van der Waals surface area contributed by atoms with Gasteiger partial charge in [0.25, 0.3) is 0 Å². The third kappa shape index (κ3) is 5.09. The van der Waals surface area contributed by atoms with Crippen molar-refractivity contribution in [2.45, 2.75) is 39.3 Å². The summed E-state index contributed by atoms with van der Waals surface area (Å²) in [6.45, 7) is 5.43. The smallest absolute Gasteiger partial charge is 0.315 e. The van der Waals surface area contributed by atoms with Gasteiger partial charge in [0.2, 0.25) is 5.91 Å². The van der Waals surface area contributed by atoms with E-state index in [4.69, 9.17) is 0 Å². The van der Waals surface area contributed by atoms with Crippen molar-refractivity contribution in [3.8, 4) is 0 Å². The summed E-state index contributed by atoms with van der Waals surface area (Å²) in [5, 5.41) is 10.7. The van der Waals surface area contributed by atoms with Crippen LogP contribution in [0.25, 0.3) is 0 Å². The molecule has 3 N–H and O–H groups in total. The molecule has 1 aromatic carbocycles. The molecule has 128 valence electrons. The maximum atomic E-state index is 12.3. The van der Waals surface area contributed by atoms with Gasteiger partial charge in [0, 0.05) is 17.5 Å². The first-order chi connectivity index (χ1) is 11.5. The number of hydrogen-bond acceptors (Lipinski definition) is 3. The van der Waals surface area contributed by atoms with E-state index in [0.717, 1.165) is 22.5 Å². The molecule has 0 bridgehead atoms. The van der Waals surface area contributed by atoms with E-state index in [1.165, 1.54) is 6.92 Å². The monoisotopic (exact) mass is 345 g/mol. The first-order valence-electron chi connectivity index (χ1n) is 7.97. The number of hydrogen-bond donors (Lipinski definition) is 3. The van der Waals surface area contributed by atoms with Crippen LogP contribution in [-0.4, -0.2) is 11.9 Å². The van der Waals surface area contributed by atoms with Crippen LogP contribution in [0.15, 0.2) is 41.8 Å². The van der Waals surface area contributed by atoms with Crippen LogP contribution < -0.4 is 16.0 Å². The predicted octanol–water partition coefficient (Wildman–Crippen LogP) is 4.22. The van der Waals surface area contributed by atoms with E-state index in [0.29, 0.717) is 0 Å². The molecule has 6 heteroatoms. The Hall–Kier alpha value is -2.34. The predicted molar refractivity (Wildman–Crippen MR) is 98.2 cm³/mol. The Morgan fingerprint density at radius 1 is 1.17 bits per heavy atom. The zero-order valence-electron chi connectivity index (χ0n) is 14.1. The summed E-state index contributed by atoms with van der Waals surface area (Å²) in [6.07, 6.45) is 0.834. The molecule has 0 aliphatic carbocycles. The van der Waals surface area contributed by atoms with Gasteiger partial charge in [-0.15, -0.1) is 11.3 Å². The molecular weight excluding hydrogens is 322 g/mol. The molecule has 2 atom stereocenters. The lowest BCUT2D eigenvalue weighted by Crippen LogP contribution is -2.38. The second kappa shape index (κ2) is 8.49. The van der Waals surface area contributed by atoms with Crippen LogP contribution in [0, 0.1) is 0 Å². The van der Waals surface area contributed by atoms with E-state index in [2.05, 4.69) is 16.0 Å². The van der Waals surface area contributed by atoms with Crippen molar-refractivity contribution in [1.29, 1.82) is 0 Å². The standard InChI is InChI=1S/C18H23N3O2S/c1-4-16(17-9-6-10-24-17)21-18(23)19-12(2)14-7-5-8-15(11-14)20-13(3)22/h5-12,16H,4H2,1-3H3,(H,20,22)(H2,19,21,23)/t12-,16-/m1/s1. The Labute approximate surface area is 146 Å². The minimum Gasteiger partial charge on any atom is -0.332 e. The summed E-state index contributed by atoms with van der Waals surface area (Å²) in [5.41, 5.74) is 1.65. The highest BCUT2D eigenvalue weighted by molar-refractivity contribution is 7.10. The quantitative estimate of drug-likeness (QED) is 0.733. The van der Waals surface area contributed by atoms with E-state index < -0.39 is 0 Å². The summed E-state index contributed by atoms with van der Waals surface area (Å²) in [4.78, 5) is 24.6. The normalized spacial score (nSPS) is 13.0. The van der Waals surface area contributed by atoms with E-state index in [1.807, 2.05) is 55.6 Å². The van der Waals surface area contributed by atoms with E-state index in [1.54, 1.807) is 11.3 Å². The molecule has 5 nitrogen and oxygen atoms in total. The molecule has 1 heterocycles. The largest absolute Gasteiger partial charge is 0.332 e. The number of benzene rings is 1. The van der Waals surface area contributed by atoms with Crippen LogP contribution in [0.5, 0.6) is 0 Å². The summed E-state index contributed by atoms with van der Waals surface area (Å²) in [7, 11) is 0. The van der Waals surface area contributed by atoms with Gasteiger partial charge >= 0.3 is 6.03 Å². The van der Waals surface area contributed by atoms with Crippen LogP contribution in [-0.2, 0) is 4.79 Å². The Balaban J connectivity index is 1.97. The fourth-order valence-corrected chi connectivity index (χ4v) is 3.29. The Bertz CT molecular complexity index is 685. The molecule has 1 aromatic heterocycles. The van der Waals surface area contributed by atoms with Crippen LogP contribution in [0.2, 0.25) is 0 Å². The van der Waals surface area contributed by atoms with Crippen molar-refractivity contribution in [2.24, 2.45) is 0 Å². The van der Waals surface area contributed by atoms with Gasteiger partial charge in [0.05, 0.1) is 12.1 Å². The second-order valence-electron chi connectivity index (χ2n) is 5.62. The van der Waals surface area contributed by atoms with Crippen LogP contribution >= 0.6 is 11.3 Å². The minimum absolute atomic E-state index is 0.0166. The Morgan fingerprint density at radius 3 is 2.58 bits per heavy atom. The average molecular weight is 345 g/mol. The third-order valence-electron chi connectivity index (χ3n) is 3.65. The number of nitrogens with one attached hydrogen (secondary N) is 3. The van der Waals surface area contributed by atoms with Crippen molar-refractivity contribution in [3.63, 3.8) is 0 Å². The first kappa shape index (κ1) is 18.0. The van der Waals surface area contributed by atoms with Gasteiger partial charge < -0.3 is 16.0 Å². The number of amides is 3. The number of thiophene rings is 1. The van der Waals surface area contributed by atoms with E-state index >= 15 is 0 Å². The van der Waals surface area contributed by atoms with Gasteiger partial charge in [-0.25, -0.2) is 4.79 Å². The van der Waals surface area contributed by atoms with Crippen molar-refractivity contribution in [1.82, 2.24) is 10.6 Å². The van der Waals surface area contributed by atoms with Gasteiger partial charge in [-0.3, -0.25) is 4.79 Å². The summed E-state index contributed by atoms with van der Waals surface area (Å²) >= 11 is 1.64. The highest BCUT2D eigenvalue weighted by Crippen LogP contribution is 2.22. The van der Waals surface area contributed by atoms with Gasteiger partial charge in [0.1, 0.15) is 0 Å². The third-order valence-corrected chi connectivity index (χ3v) is 4.64. The maximum absolute atomic E-state index is 12.3. The van der Waals surface area contributed by atoms with Crippen LogP contribution in [0.1, 0.15) is 49.7 Å². The minimum atomic E-state index is -0.201. The molecule has 0 fully saturated rings. The topological polar surface area (TPSA) is 70.2 Å². The summed E-state index contributed by atoms with van der Waals surface area (Å²) in [6, 6.07) is 11.1. The van der Waals surface area contributed by atoms with Crippen molar-refractivity contribution in [2.75, 3.05) is 5.32 Å². The number of anilines is 1. The first-order valence-corrected chi connectivity index (χ1v) is 8.85. The highest BCUT2D eigenvalue weighted by Gasteiger charge is 2.15. The zero-order chi connectivity index (χ0) is 17.5. The number of carbonyl (C=O) groups is 2. The molecule has 24 heavy (non-hydrogen) atoms. The van der Waals surface area contributed by atoms with Gasteiger partial charge in [-0.1, -0.05) is 25.1 Å². The number of urea groups is 1. The zero-order valence-corrected chi connectivity index (χ0v) is 14.9. The molecule has 0 saturated heterocycles. The fourth-order valence-electron chi connectivity index (χ4n) is 2.43. The molecule has 2 aromatic rings. The van der Waals surface area contributed by atoms with Gasteiger partial charge in [-0.2, -0.15) is 0 Å². The summed E-state index contributed by atoms with van der Waals surface area (Å²) in [5.74, 6) is -0.118. The molecule has 0 aliphatic heterocycles. The Kier molecular flexibility index (Phi) is 6.37. The summed E-state index contributed by atoms with van der Waals surface area (Å²) < 4.78 is 0. The lowest BCUT2D eigenvalue weighted by molar-refractivity contribution is -0.114.